The largest absolute Gasteiger partial charge is 0.297 e. The first-order valence-electron chi connectivity index (χ1n) is 7.00. The van der Waals surface area contributed by atoms with Gasteiger partial charge in [0.1, 0.15) is 4.75 Å². The molecule has 0 radical (unpaired) electrons. The first kappa shape index (κ1) is 13.6. The third-order valence-electron chi connectivity index (χ3n) is 4.54. The predicted molar refractivity (Wildman–Crippen MR) is 77.2 cm³/mol. The van der Waals surface area contributed by atoms with Crippen molar-refractivity contribution in [2.75, 3.05) is 0 Å². The van der Waals surface area contributed by atoms with Crippen LogP contribution in [-0.4, -0.2) is 18.9 Å². The molecule has 2 aliphatic carbocycles. The van der Waals surface area contributed by atoms with Gasteiger partial charge in [-0.25, -0.2) is 8.42 Å². The van der Waals surface area contributed by atoms with Gasteiger partial charge in [0.05, 0.1) is 4.90 Å². The third kappa shape index (κ3) is 1.78. The molecule has 0 N–H and O–H groups in total. The Balaban J connectivity index is 2.12. The van der Waals surface area contributed by atoms with Crippen LogP contribution in [0.1, 0.15) is 31.2 Å². The number of Topliss-reactive ketones (excluding diaryl/α,β-unsaturated/α-hetero) is 1. The zero-order valence-electron chi connectivity index (χ0n) is 11.5. The smallest absolute Gasteiger partial charge is 0.191 e. The molecule has 4 heteroatoms. The van der Waals surface area contributed by atoms with Crippen LogP contribution in [0.4, 0.5) is 0 Å². The molecule has 0 amide bonds. The van der Waals surface area contributed by atoms with Crippen LogP contribution < -0.4 is 0 Å². The molecule has 0 heterocycles. The number of fused-ring (bicyclic) bond motifs is 2. The summed E-state index contributed by atoms with van der Waals surface area (Å²) in [5.41, 5.74) is 1.01. The lowest BCUT2D eigenvalue weighted by Crippen LogP contribution is -2.52. The first-order chi connectivity index (χ1) is 9.47. The molecule has 20 heavy (non-hydrogen) atoms. The number of ketones is 1. The van der Waals surface area contributed by atoms with Crippen molar-refractivity contribution in [3.63, 3.8) is 0 Å². The van der Waals surface area contributed by atoms with E-state index in [0.717, 1.165) is 18.4 Å². The van der Waals surface area contributed by atoms with Crippen molar-refractivity contribution in [1.29, 1.82) is 0 Å². The Labute approximate surface area is 119 Å². The normalized spacial score (nSPS) is 29.4. The Morgan fingerprint density at radius 2 is 1.90 bits per heavy atom. The standard InChI is InChI=1S/C16H18O3S/c1-12-6-8-14(9-7-12)20(18,19)16-10-2-4-13(15(16)17)5-3-11-16/h2,4,6-9,13H,3,5,10-11H2,1H3/t13-,16-/m0/s1. The summed E-state index contributed by atoms with van der Waals surface area (Å²) in [5, 5.41) is 0. The minimum absolute atomic E-state index is 0.105. The van der Waals surface area contributed by atoms with E-state index in [-0.39, 0.29) is 16.6 Å². The van der Waals surface area contributed by atoms with Crippen LogP contribution >= 0.6 is 0 Å². The summed E-state index contributed by atoms with van der Waals surface area (Å²) in [6.45, 7) is 1.92. The van der Waals surface area contributed by atoms with Crippen molar-refractivity contribution < 1.29 is 13.2 Å². The zero-order chi connectivity index (χ0) is 14.4. The fraction of sp³-hybridized carbons (Fsp3) is 0.438. The monoisotopic (exact) mass is 290 g/mol. The third-order valence-corrected chi connectivity index (χ3v) is 7.04. The van der Waals surface area contributed by atoms with Crippen LogP contribution in [0.2, 0.25) is 0 Å². The highest BCUT2D eigenvalue weighted by Gasteiger charge is 2.54. The van der Waals surface area contributed by atoms with E-state index in [9.17, 15) is 13.2 Å². The van der Waals surface area contributed by atoms with Gasteiger partial charge in [0.25, 0.3) is 0 Å². The molecule has 2 aliphatic rings. The molecule has 106 valence electrons. The average molecular weight is 290 g/mol. The van der Waals surface area contributed by atoms with Crippen LogP contribution in [0.3, 0.4) is 0 Å². The highest BCUT2D eigenvalue weighted by Crippen LogP contribution is 2.44. The molecule has 1 aromatic carbocycles. The van der Waals surface area contributed by atoms with Crippen molar-refractivity contribution >= 4 is 15.6 Å². The van der Waals surface area contributed by atoms with Crippen molar-refractivity contribution in [3.05, 3.63) is 42.0 Å². The van der Waals surface area contributed by atoms with Gasteiger partial charge in [-0.05, 0) is 38.3 Å². The maximum Gasteiger partial charge on any atom is 0.191 e. The molecule has 1 fully saturated rings. The molecule has 2 atom stereocenters. The van der Waals surface area contributed by atoms with E-state index in [0.29, 0.717) is 12.8 Å². The summed E-state index contributed by atoms with van der Waals surface area (Å²) in [7, 11) is -3.62. The van der Waals surface area contributed by atoms with Crippen molar-refractivity contribution in [1.82, 2.24) is 0 Å². The summed E-state index contributed by atoms with van der Waals surface area (Å²) in [6, 6.07) is 6.81. The van der Waals surface area contributed by atoms with E-state index in [1.54, 1.807) is 24.3 Å². The van der Waals surface area contributed by atoms with E-state index in [1.165, 1.54) is 0 Å². The lowest BCUT2D eigenvalue weighted by atomic mass is 9.74. The molecule has 0 aromatic heterocycles. The van der Waals surface area contributed by atoms with Gasteiger partial charge in [-0.15, -0.1) is 0 Å². The fourth-order valence-electron chi connectivity index (χ4n) is 3.33. The van der Waals surface area contributed by atoms with Crippen molar-refractivity contribution in [3.8, 4) is 0 Å². The Kier molecular flexibility index (Phi) is 3.09. The van der Waals surface area contributed by atoms with E-state index in [4.69, 9.17) is 0 Å². The van der Waals surface area contributed by atoms with Gasteiger partial charge >= 0.3 is 0 Å². The minimum Gasteiger partial charge on any atom is -0.297 e. The number of hydrogen-bond acceptors (Lipinski definition) is 3. The Morgan fingerprint density at radius 3 is 2.60 bits per heavy atom. The number of carbonyl (C=O) groups is 1. The molecule has 1 saturated carbocycles. The number of carbonyl (C=O) groups excluding carboxylic acids is 1. The second-order valence-electron chi connectivity index (χ2n) is 5.81. The molecule has 0 spiro atoms. The van der Waals surface area contributed by atoms with Crippen molar-refractivity contribution in [2.24, 2.45) is 5.92 Å². The van der Waals surface area contributed by atoms with Crippen LogP contribution in [0.25, 0.3) is 0 Å². The van der Waals surface area contributed by atoms with Crippen LogP contribution in [-0.2, 0) is 14.6 Å². The molecule has 2 bridgehead atoms. The Morgan fingerprint density at radius 1 is 1.20 bits per heavy atom. The van der Waals surface area contributed by atoms with Crippen LogP contribution in [0.5, 0.6) is 0 Å². The Bertz CT molecular complexity index is 670. The SMILES string of the molecule is Cc1ccc(S(=O)(=O)[C@@]23CC=C[C@@H](CCC2)C3=O)cc1. The maximum atomic E-state index is 13.0. The lowest BCUT2D eigenvalue weighted by Gasteiger charge is -2.40. The number of allylic oxidation sites excluding steroid dienone is 2. The maximum absolute atomic E-state index is 13.0. The number of hydrogen-bond donors (Lipinski definition) is 0. The van der Waals surface area contributed by atoms with Crippen LogP contribution in [0.15, 0.2) is 41.3 Å². The minimum atomic E-state index is -3.62. The number of sulfone groups is 1. The van der Waals surface area contributed by atoms with E-state index in [2.05, 4.69) is 0 Å². The predicted octanol–water partition coefficient (Wildman–Crippen LogP) is 2.84. The zero-order valence-corrected chi connectivity index (χ0v) is 12.3. The summed E-state index contributed by atoms with van der Waals surface area (Å²) in [5.74, 6) is -0.315. The summed E-state index contributed by atoms with van der Waals surface area (Å²) >= 11 is 0. The van der Waals surface area contributed by atoms with Gasteiger partial charge < -0.3 is 0 Å². The quantitative estimate of drug-likeness (QED) is 0.787. The highest BCUT2D eigenvalue weighted by molar-refractivity contribution is 7.93. The molecule has 0 unspecified atom stereocenters. The molecule has 3 nitrogen and oxygen atoms in total. The second-order valence-corrected chi connectivity index (χ2v) is 8.07. The molecular weight excluding hydrogens is 272 g/mol. The van der Waals surface area contributed by atoms with Gasteiger partial charge in [-0.2, -0.15) is 0 Å². The van der Waals surface area contributed by atoms with Gasteiger partial charge in [-0.3, -0.25) is 4.79 Å². The number of rotatable bonds is 2. The van der Waals surface area contributed by atoms with Crippen LogP contribution in [0, 0.1) is 12.8 Å². The summed E-state index contributed by atoms with van der Waals surface area (Å²) in [6.07, 6.45) is 6.09. The lowest BCUT2D eigenvalue weighted by molar-refractivity contribution is -0.126. The number of aryl methyl sites for hydroxylation is 1. The van der Waals surface area contributed by atoms with E-state index in [1.807, 2.05) is 19.1 Å². The molecular formula is C16H18O3S. The van der Waals surface area contributed by atoms with E-state index < -0.39 is 14.6 Å². The van der Waals surface area contributed by atoms with Gasteiger partial charge in [-0.1, -0.05) is 36.3 Å². The number of benzene rings is 1. The van der Waals surface area contributed by atoms with Gasteiger partial charge in [0.2, 0.25) is 0 Å². The summed E-state index contributed by atoms with van der Waals surface area (Å²) < 4.78 is 24.8. The topological polar surface area (TPSA) is 51.2 Å². The second kappa shape index (κ2) is 4.55. The average Bonchev–Trinajstić information content (AvgIpc) is 2.39. The molecule has 1 aromatic rings. The summed E-state index contributed by atoms with van der Waals surface area (Å²) in [4.78, 5) is 12.9. The highest BCUT2D eigenvalue weighted by atomic mass is 32.2. The molecule has 3 rings (SSSR count). The fourth-order valence-corrected chi connectivity index (χ4v) is 5.42. The van der Waals surface area contributed by atoms with Gasteiger partial charge in [0, 0.05) is 5.92 Å². The Hall–Kier alpha value is -1.42. The first-order valence-corrected chi connectivity index (χ1v) is 8.48. The van der Waals surface area contributed by atoms with E-state index >= 15 is 0 Å². The van der Waals surface area contributed by atoms with Gasteiger partial charge in [0.15, 0.2) is 15.6 Å². The molecule has 0 aliphatic heterocycles. The van der Waals surface area contributed by atoms with Crippen molar-refractivity contribution in [2.45, 2.75) is 42.2 Å². The molecule has 0 saturated heterocycles.